The Balaban J connectivity index is 2.06. The largest absolute Gasteiger partial charge is 0.423 e. The maximum absolute atomic E-state index is 12.1. The third-order valence-electron chi connectivity index (χ3n) is 2.94. The van der Waals surface area contributed by atoms with Crippen molar-refractivity contribution in [3.8, 4) is 11.5 Å². The molecule has 0 bridgehead atoms. The molecule has 6 heteroatoms. The van der Waals surface area contributed by atoms with Crippen LogP contribution in [0.15, 0.2) is 35.1 Å². The van der Waals surface area contributed by atoms with Crippen LogP contribution in [0.5, 0.6) is 0 Å². The van der Waals surface area contributed by atoms with Crippen molar-refractivity contribution in [2.45, 2.75) is 26.3 Å². The van der Waals surface area contributed by atoms with Gasteiger partial charge in [-0.25, -0.2) is 0 Å². The summed E-state index contributed by atoms with van der Waals surface area (Å²) in [5, 5.41) is 13.5. The Labute approximate surface area is 117 Å². The normalized spacial score (nSPS) is 11.3. The lowest BCUT2D eigenvalue weighted by atomic mass is 10.0. The minimum atomic E-state index is -0.611. The predicted octanol–water partition coefficient (Wildman–Crippen LogP) is 2.06. The summed E-state index contributed by atoms with van der Waals surface area (Å²) in [6.45, 7) is 6.39. The Morgan fingerprint density at radius 1 is 1.30 bits per heavy atom. The van der Waals surface area contributed by atoms with Gasteiger partial charge in [0.2, 0.25) is 18.2 Å². The molecule has 6 nitrogen and oxygen atoms in total. The monoisotopic (exact) mass is 274 g/mol. The molecule has 0 aliphatic rings. The molecule has 2 aromatic rings. The quantitative estimate of drug-likeness (QED) is 0.872. The van der Waals surface area contributed by atoms with Gasteiger partial charge in [-0.05, 0) is 44.7 Å². The Morgan fingerprint density at radius 2 is 2.00 bits per heavy atom. The Bertz CT molecular complexity index is 561. The first-order valence-electron chi connectivity index (χ1n) is 6.46. The standard InChI is InChI=1S/C14H18N4O2/c1-4-15-14(2,3)13(19)17-11-7-5-10(6-8-11)12-18-16-9-20-12/h5-9,15H,4H2,1-3H3,(H,17,19). The molecule has 0 saturated carbocycles. The molecule has 0 spiro atoms. The fourth-order valence-electron chi connectivity index (χ4n) is 1.80. The van der Waals surface area contributed by atoms with E-state index >= 15 is 0 Å². The highest BCUT2D eigenvalue weighted by molar-refractivity contribution is 5.97. The zero-order chi connectivity index (χ0) is 14.6. The second-order valence-electron chi connectivity index (χ2n) is 4.93. The van der Waals surface area contributed by atoms with Crippen LogP contribution in [-0.2, 0) is 4.79 Å². The fourth-order valence-corrected chi connectivity index (χ4v) is 1.80. The molecule has 106 valence electrons. The number of likely N-dealkylation sites (N-methyl/N-ethyl adjacent to an activating group) is 1. The molecule has 1 aromatic carbocycles. The van der Waals surface area contributed by atoms with Crippen LogP contribution in [0.1, 0.15) is 20.8 Å². The lowest BCUT2D eigenvalue weighted by Gasteiger charge is -2.24. The van der Waals surface area contributed by atoms with Gasteiger partial charge in [-0.1, -0.05) is 6.92 Å². The highest BCUT2D eigenvalue weighted by atomic mass is 16.4. The average molecular weight is 274 g/mol. The van der Waals surface area contributed by atoms with Crippen molar-refractivity contribution in [3.05, 3.63) is 30.7 Å². The van der Waals surface area contributed by atoms with E-state index in [0.717, 1.165) is 17.8 Å². The van der Waals surface area contributed by atoms with Crippen molar-refractivity contribution in [2.24, 2.45) is 0 Å². The maximum Gasteiger partial charge on any atom is 0.247 e. The van der Waals surface area contributed by atoms with Crippen molar-refractivity contribution in [2.75, 3.05) is 11.9 Å². The minimum absolute atomic E-state index is 0.0788. The Hall–Kier alpha value is -2.21. The Morgan fingerprint density at radius 3 is 2.55 bits per heavy atom. The van der Waals surface area contributed by atoms with Crippen LogP contribution in [0.25, 0.3) is 11.5 Å². The number of rotatable bonds is 5. The molecule has 1 amide bonds. The van der Waals surface area contributed by atoms with Gasteiger partial charge in [0.1, 0.15) is 0 Å². The Kier molecular flexibility index (Phi) is 4.14. The summed E-state index contributed by atoms with van der Waals surface area (Å²) >= 11 is 0. The van der Waals surface area contributed by atoms with Crippen LogP contribution >= 0.6 is 0 Å². The highest BCUT2D eigenvalue weighted by Gasteiger charge is 2.26. The van der Waals surface area contributed by atoms with Crippen LogP contribution in [0.3, 0.4) is 0 Å². The molecule has 1 heterocycles. The van der Waals surface area contributed by atoms with Crippen LogP contribution in [0.2, 0.25) is 0 Å². The van der Waals surface area contributed by atoms with Crippen LogP contribution in [0.4, 0.5) is 5.69 Å². The highest BCUT2D eigenvalue weighted by Crippen LogP contribution is 2.19. The third-order valence-corrected chi connectivity index (χ3v) is 2.94. The van der Waals surface area contributed by atoms with E-state index in [0.29, 0.717) is 5.89 Å². The van der Waals surface area contributed by atoms with Gasteiger partial charge >= 0.3 is 0 Å². The first kappa shape index (κ1) is 14.2. The number of anilines is 1. The van der Waals surface area contributed by atoms with Crippen LogP contribution in [-0.4, -0.2) is 28.2 Å². The number of nitrogens with one attached hydrogen (secondary N) is 2. The molecule has 2 N–H and O–H groups in total. The molecule has 0 fully saturated rings. The van der Waals surface area contributed by atoms with Crippen LogP contribution < -0.4 is 10.6 Å². The molecule has 0 saturated heterocycles. The van der Waals surface area contributed by atoms with Gasteiger partial charge in [0.25, 0.3) is 0 Å². The van der Waals surface area contributed by atoms with E-state index in [9.17, 15) is 4.79 Å². The molecule has 0 aliphatic heterocycles. The fraction of sp³-hybridized carbons (Fsp3) is 0.357. The second kappa shape index (κ2) is 5.83. The number of carbonyl (C=O) groups excluding carboxylic acids is 1. The summed E-state index contributed by atoms with van der Waals surface area (Å²) in [4.78, 5) is 12.1. The first-order chi connectivity index (χ1) is 9.53. The zero-order valence-corrected chi connectivity index (χ0v) is 11.8. The van der Waals surface area contributed by atoms with Crippen molar-refractivity contribution in [1.82, 2.24) is 15.5 Å². The SMILES string of the molecule is CCNC(C)(C)C(=O)Nc1ccc(-c2nnco2)cc1. The van der Waals surface area contributed by atoms with E-state index in [1.165, 1.54) is 6.39 Å². The van der Waals surface area contributed by atoms with E-state index in [1.54, 1.807) is 12.1 Å². The smallest absolute Gasteiger partial charge is 0.247 e. The lowest BCUT2D eigenvalue weighted by molar-refractivity contribution is -0.121. The molecule has 0 unspecified atom stereocenters. The summed E-state index contributed by atoms with van der Waals surface area (Å²) in [6.07, 6.45) is 1.28. The predicted molar refractivity (Wildman–Crippen MR) is 76.1 cm³/mol. The molecular formula is C14H18N4O2. The van der Waals surface area contributed by atoms with Gasteiger partial charge in [0.05, 0.1) is 5.54 Å². The van der Waals surface area contributed by atoms with E-state index < -0.39 is 5.54 Å². The number of nitrogens with zero attached hydrogens (tertiary/aromatic N) is 2. The number of hydrogen-bond donors (Lipinski definition) is 2. The van der Waals surface area contributed by atoms with Gasteiger partial charge in [0.15, 0.2) is 0 Å². The number of amides is 1. The second-order valence-corrected chi connectivity index (χ2v) is 4.93. The molecule has 0 aliphatic carbocycles. The lowest BCUT2D eigenvalue weighted by Crippen LogP contribution is -2.49. The van der Waals surface area contributed by atoms with Gasteiger partial charge in [-0.15, -0.1) is 10.2 Å². The molecule has 1 aromatic heterocycles. The van der Waals surface area contributed by atoms with Gasteiger partial charge < -0.3 is 15.1 Å². The number of hydrogen-bond acceptors (Lipinski definition) is 5. The maximum atomic E-state index is 12.1. The molecule has 20 heavy (non-hydrogen) atoms. The van der Waals surface area contributed by atoms with Crippen LogP contribution in [0, 0.1) is 0 Å². The number of carbonyl (C=O) groups is 1. The minimum Gasteiger partial charge on any atom is -0.423 e. The summed E-state index contributed by atoms with van der Waals surface area (Å²) in [6, 6.07) is 7.26. The van der Waals surface area contributed by atoms with Gasteiger partial charge in [0, 0.05) is 11.3 Å². The molecule has 0 atom stereocenters. The number of aromatic nitrogens is 2. The van der Waals surface area contributed by atoms with Crippen molar-refractivity contribution < 1.29 is 9.21 Å². The van der Waals surface area contributed by atoms with Crippen molar-refractivity contribution >= 4 is 11.6 Å². The molecule has 0 radical (unpaired) electrons. The van der Waals surface area contributed by atoms with Crippen molar-refractivity contribution in [1.29, 1.82) is 0 Å². The molecule has 2 rings (SSSR count). The zero-order valence-electron chi connectivity index (χ0n) is 11.8. The average Bonchev–Trinajstić information content (AvgIpc) is 2.93. The first-order valence-corrected chi connectivity index (χ1v) is 6.46. The summed E-state index contributed by atoms with van der Waals surface area (Å²) < 4.78 is 5.11. The van der Waals surface area contributed by atoms with E-state index in [2.05, 4.69) is 20.8 Å². The van der Waals surface area contributed by atoms with Gasteiger partial charge in [-0.2, -0.15) is 0 Å². The summed E-state index contributed by atoms with van der Waals surface area (Å²) in [7, 11) is 0. The summed E-state index contributed by atoms with van der Waals surface area (Å²) in [5.74, 6) is 0.376. The topological polar surface area (TPSA) is 80.0 Å². The number of benzene rings is 1. The van der Waals surface area contributed by atoms with E-state index in [4.69, 9.17) is 4.42 Å². The summed E-state index contributed by atoms with van der Waals surface area (Å²) in [5.41, 5.74) is 0.926. The van der Waals surface area contributed by atoms with E-state index in [-0.39, 0.29) is 5.91 Å². The third kappa shape index (κ3) is 3.21. The van der Waals surface area contributed by atoms with Gasteiger partial charge in [-0.3, -0.25) is 4.79 Å². The van der Waals surface area contributed by atoms with Crippen molar-refractivity contribution in [3.63, 3.8) is 0 Å². The molecular weight excluding hydrogens is 256 g/mol. The van der Waals surface area contributed by atoms with E-state index in [1.807, 2.05) is 32.9 Å².